The predicted molar refractivity (Wildman–Crippen MR) is 76.0 cm³/mol. The van der Waals surface area contributed by atoms with Crippen molar-refractivity contribution in [1.82, 2.24) is 15.6 Å². The van der Waals surface area contributed by atoms with Gasteiger partial charge in [0, 0.05) is 36.6 Å². The van der Waals surface area contributed by atoms with Gasteiger partial charge in [-0.3, -0.25) is 4.79 Å². The summed E-state index contributed by atoms with van der Waals surface area (Å²) < 4.78 is 0. The van der Waals surface area contributed by atoms with E-state index >= 15 is 0 Å². The van der Waals surface area contributed by atoms with Gasteiger partial charge in [-0.15, -0.1) is 0 Å². The van der Waals surface area contributed by atoms with Gasteiger partial charge in [-0.25, -0.2) is 0 Å². The fourth-order valence-corrected chi connectivity index (χ4v) is 2.47. The largest absolute Gasteiger partial charge is 0.361 e. The number of fused-ring (bicyclic) bond motifs is 1. The van der Waals surface area contributed by atoms with Crippen molar-refractivity contribution >= 4 is 16.8 Å². The summed E-state index contributed by atoms with van der Waals surface area (Å²) >= 11 is 0. The number of benzene rings is 1. The molecule has 4 nitrogen and oxygen atoms in total. The lowest BCUT2D eigenvalue weighted by Crippen LogP contribution is -2.56. The molecule has 1 aromatic heterocycles. The number of aromatic amines is 1. The average molecular weight is 257 g/mol. The summed E-state index contributed by atoms with van der Waals surface area (Å²) in [5.74, 6) is 0.173. The van der Waals surface area contributed by atoms with Crippen molar-refractivity contribution in [3.8, 4) is 0 Å². The van der Waals surface area contributed by atoms with Crippen molar-refractivity contribution in [2.24, 2.45) is 0 Å². The standard InChI is InChI=1S/C15H19N3O/c19-15(18-12-9-16-10-12)7-3-4-11-8-17-14-6-2-1-5-13(11)14/h1-2,5-6,8,12,16-17H,3-4,7,9-10H2,(H,18,19). The van der Waals surface area contributed by atoms with Gasteiger partial charge < -0.3 is 15.6 Å². The highest BCUT2D eigenvalue weighted by Gasteiger charge is 2.18. The van der Waals surface area contributed by atoms with E-state index in [9.17, 15) is 4.79 Å². The van der Waals surface area contributed by atoms with Crippen LogP contribution in [0, 0.1) is 0 Å². The van der Waals surface area contributed by atoms with Gasteiger partial charge in [-0.2, -0.15) is 0 Å². The molecule has 2 heterocycles. The molecule has 100 valence electrons. The van der Waals surface area contributed by atoms with E-state index in [1.54, 1.807) is 0 Å². The van der Waals surface area contributed by atoms with E-state index in [-0.39, 0.29) is 5.91 Å². The Bertz CT molecular complexity index is 572. The smallest absolute Gasteiger partial charge is 0.220 e. The molecule has 0 bridgehead atoms. The molecular weight excluding hydrogens is 238 g/mol. The second-order valence-electron chi connectivity index (χ2n) is 5.14. The average Bonchev–Trinajstić information content (AvgIpc) is 2.78. The lowest BCUT2D eigenvalue weighted by molar-refractivity contribution is -0.122. The Hall–Kier alpha value is -1.81. The summed E-state index contributed by atoms with van der Waals surface area (Å²) in [6.07, 6.45) is 4.50. The topological polar surface area (TPSA) is 56.9 Å². The van der Waals surface area contributed by atoms with Gasteiger partial charge in [0.2, 0.25) is 5.91 Å². The van der Waals surface area contributed by atoms with Crippen LogP contribution in [0.5, 0.6) is 0 Å². The second kappa shape index (κ2) is 5.45. The molecule has 0 radical (unpaired) electrons. The van der Waals surface area contributed by atoms with E-state index in [2.05, 4.69) is 40.0 Å². The number of aromatic nitrogens is 1. The fourth-order valence-electron chi connectivity index (χ4n) is 2.47. The number of aryl methyl sites for hydroxylation is 1. The SMILES string of the molecule is O=C(CCCc1c[nH]c2ccccc12)NC1CNC1. The van der Waals surface area contributed by atoms with Crippen molar-refractivity contribution in [3.63, 3.8) is 0 Å². The van der Waals surface area contributed by atoms with Gasteiger partial charge in [0.25, 0.3) is 0 Å². The van der Waals surface area contributed by atoms with Crippen molar-refractivity contribution in [3.05, 3.63) is 36.0 Å². The zero-order valence-electron chi connectivity index (χ0n) is 10.9. The molecule has 0 spiro atoms. The first-order valence-electron chi connectivity index (χ1n) is 6.88. The number of amides is 1. The quantitative estimate of drug-likeness (QED) is 0.761. The van der Waals surface area contributed by atoms with Crippen LogP contribution in [0.3, 0.4) is 0 Å². The minimum atomic E-state index is 0.173. The molecule has 1 aliphatic rings. The molecule has 2 aromatic rings. The van der Waals surface area contributed by atoms with Crippen molar-refractivity contribution in [2.45, 2.75) is 25.3 Å². The molecule has 1 aromatic carbocycles. The molecule has 0 saturated carbocycles. The Morgan fingerprint density at radius 2 is 2.16 bits per heavy atom. The van der Waals surface area contributed by atoms with Gasteiger partial charge in [-0.05, 0) is 24.5 Å². The van der Waals surface area contributed by atoms with Crippen LogP contribution in [-0.4, -0.2) is 30.0 Å². The van der Waals surface area contributed by atoms with Crippen LogP contribution in [0.2, 0.25) is 0 Å². The Morgan fingerprint density at radius 1 is 1.32 bits per heavy atom. The molecule has 0 atom stereocenters. The Kier molecular flexibility index (Phi) is 3.51. The third-order valence-electron chi connectivity index (χ3n) is 3.67. The van der Waals surface area contributed by atoms with Gasteiger partial charge in [0.1, 0.15) is 0 Å². The normalized spacial score (nSPS) is 15.4. The van der Waals surface area contributed by atoms with Crippen molar-refractivity contribution in [2.75, 3.05) is 13.1 Å². The minimum Gasteiger partial charge on any atom is -0.361 e. The van der Waals surface area contributed by atoms with Crippen LogP contribution in [0.25, 0.3) is 10.9 Å². The van der Waals surface area contributed by atoms with Crippen LogP contribution in [0.15, 0.2) is 30.5 Å². The summed E-state index contributed by atoms with van der Waals surface area (Å²) in [6.45, 7) is 1.82. The number of para-hydroxylation sites is 1. The number of carbonyl (C=O) groups excluding carboxylic acids is 1. The van der Waals surface area contributed by atoms with Crippen LogP contribution < -0.4 is 10.6 Å². The fraction of sp³-hybridized carbons (Fsp3) is 0.400. The molecular formula is C15H19N3O. The molecule has 19 heavy (non-hydrogen) atoms. The summed E-state index contributed by atoms with van der Waals surface area (Å²) in [5, 5.41) is 7.44. The van der Waals surface area contributed by atoms with Gasteiger partial charge >= 0.3 is 0 Å². The molecule has 0 unspecified atom stereocenters. The maximum atomic E-state index is 11.7. The Balaban J connectivity index is 1.50. The van der Waals surface area contributed by atoms with E-state index in [1.165, 1.54) is 16.5 Å². The molecule has 1 amide bonds. The maximum absolute atomic E-state index is 11.7. The second-order valence-corrected chi connectivity index (χ2v) is 5.14. The summed E-state index contributed by atoms with van der Waals surface area (Å²) in [7, 11) is 0. The van der Waals surface area contributed by atoms with E-state index < -0.39 is 0 Å². The number of nitrogens with one attached hydrogen (secondary N) is 3. The Labute approximate surface area is 112 Å². The lowest BCUT2D eigenvalue weighted by Gasteiger charge is -2.27. The van der Waals surface area contributed by atoms with E-state index in [0.29, 0.717) is 12.5 Å². The first kappa shape index (κ1) is 12.2. The Morgan fingerprint density at radius 3 is 2.95 bits per heavy atom. The van der Waals surface area contributed by atoms with Gasteiger partial charge in [0.15, 0.2) is 0 Å². The maximum Gasteiger partial charge on any atom is 0.220 e. The molecule has 0 aliphatic carbocycles. The van der Waals surface area contributed by atoms with Crippen molar-refractivity contribution in [1.29, 1.82) is 0 Å². The van der Waals surface area contributed by atoms with E-state index in [4.69, 9.17) is 0 Å². The first-order chi connectivity index (χ1) is 9.33. The van der Waals surface area contributed by atoms with Gasteiger partial charge in [0.05, 0.1) is 6.04 Å². The molecule has 3 N–H and O–H groups in total. The zero-order valence-corrected chi connectivity index (χ0v) is 10.9. The number of hydrogen-bond donors (Lipinski definition) is 3. The highest BCUT2D eigenvalue weighted by atomic mass is 16.1. The first-order valence-corrected chi connectivity index (χ1v) is 6.88. The number of carbonyl (C=O) groups is 1. The molecule has 3 rings (SSSR count). The number of H-pyrrole nitrogens is 1. The summed E-state index contributed by atoms with van der Waals surface area (Å²) in [6, 6.07) is 8.63. The lowest BCUT2D eigenvalue weighted by atomic mass is 10.1. The minimum absolute atomic E-state index is 0.173. The summed E-state index contributed by atoms with van der Waals surface area (Å²) in [5.41, 5.74) is 2.47. The van der Waals surface area contributed by atoms with Gasteiger partial charge in [-0.1, -0.05) is 18.2 Å². The number of hydrogen-bond acceptors (Lipinski definition) is 2. The highest BCUT2D eigenvalue weighted by Crippen LogP contribution is 2.19. The molecule has 4 heteroatoms. The van der Waals surface area contributed by atoms with Crippen LogP contribution in [-0.2, 0) is 11.2 Å². The third kappa shape index (κ3) is 2.79. The van der Waals surface area contributed by atoms with Crippen molar-refractivity contribution < 1.29 is 4.79 Å². The molecule has 1 fully saturated rings. The van der Waals surface area contributed by atoms with Crippen LogP contribution >= 0.6 is 0 Å². The van der Waals surface area contributed by atoms with Crippen LogP contribution in [0.4, 0.5) is 0 Å². The highest BCUT2D eigenvalue weighted by molar-refractivity contribution is 5.83. The monoisotopic (exact) mass is 257 g/mol. The predicted octanol–water partition coefficient (Wildman–Crippen LogP) is 1.58. The van der Waals surface area contributed by atoms with E-state index in [1.807, 2.05) is 6.07 Å². The zero-order chi connectivity index (χ0) is 13.1. The molecule has 1 saturated heterocycles. The number of rotatable bonds is 5. The molecule has 1 aliphatic heterocycles. The third-order valence-corrected chi connectivity index (χ3v) is 3.67. The summed E-state index contributed by atoms with van der Waals surface area (Å²) in [4.78, 5) is 15.0. The van der Waals surface area contributed by atoms with Crippen LogP contribution in [0.1, 0.15) is 18.4 Å². The van der Waals surface area contributed by atoms with E-state index in [0.717, 1.165) is 25.9 Å².